The number of nitrogens with zero attached hydrogens (tertiary/aromatic N) is 1. The van der Waals surface area contributed by atoms with E-state index in [4.69, 9.17) is 4.74 Å². The molecule has 0 unspecified atom stereocenters. The van der Waals surface area contributed by atoms with Gasteiger partial charge in [-0.25, -0.2) is 0 Å². The molecule has 0 aliphatic heterocycles. The van der Waals surface area contributed by atoms with Crippen LogP contribution in [0.15, 0.2) is 29.3 Å². The molecular weight excluding hydrogens is 250 g/mol. The molecule has 4 heteroatoms. The third kappa shape index (κ3) is 5.11. The summed E-state index contributed by atoms with van der Waals surface area (Å²) in [5.74, 6) is 2.71. The van der Waals surface area contributed by atoms with Crippen molar-refractivity contribution >= 4 is 5.96 Å². The second-order valence-electron chi connectivity index (χ2n) is 5.28. The number of aryl methyl sites for hydroxylation is 1. The largest absolute Gasteiger partial charge is 0.497 e. The summed E-state index contributed by atoms with van der Waals surface area (Å²) in [6, 6.07) is 8.26. The van der Waals surface area contributed by atoms with Crippen LogP contribution < -0.4 is 15.4 Å². The first-order valence-electron chi connectivity index (χ1n) is 7.39. The minimum absolute atomic E-state index is 0.866. The Balaban J connectivity index is 1.64. The highest BCUT2D eigenvalue weighted by atomic mass is 16.5. The van der Waals surface area contributed by atoms with E-state index in [1.54, 1.807) is 7.11 Å². The molecule has 1 fully saturated rings. The summed E-state index contributed by atoms with van der Waals surface area (Å²) in [5, 5.41) is 6.73. The molecule has 0 atom stereocenters. The van der Waals surface area contributed by atoms with Crippen LogP contribution in [0.5, 0.6) is 5.75 Å². The van der Waals surface area contributed by atoms with E-state index >= 15 is 0 Å². The SMILES string of the molecule is CN=C(NCCCc1cccc(OC)c1)NCC1CC1. The van der Waals surface area contributed by atoms with Gasteiger partial charge in [-0.1, -0.05) is 12.1 Å². The first kappa shape index (κ1) is 14.7. The molecule has 0 aromatic heterocycles. The zero-order chi connectivity index (χ0) is 14.2. The van der Waals surface area contributed by atoms with Gasteiger partial charge in [0.25, 0.3) is 0 Å². The third-order valence-electron chi connectivity index (χ3n) is 3.55. The molecule has 0 saturated heterocycles. The molecular formula is C16H25N3O. The quantitative estimate of drug-likeness (QED) is 0.455. The Kier molecular flexibility index (Phi) is 5.71. The van der Waals surface area contributed by atoms with Crippen molar-refractivity contribution in [1.29, 1.82) is 0 Å². The summed E-state index contributed by atoms with van der Waals surface area (Å²) in [6.45, 7) is 1.98. The molecule has 1 aliphatic carbocycles. The van der Waals surface area contributed by atoms with E-state index in [0.29, 0.717) is 0 Å². The number of methoxy groups -OCH3 is 1. The van der Waals surface area contributed by atoms with Crippen LogP contribution in [0, 0.1) is 5.92 Å². The minimum Gasteiger partial charge on any atom is -0.497 e. The fraction of sp³-hybridized carbons (Fsp3) is 0.562. The number of hydrogen-bond donors (Lipinski definition) is 2. The fourth-order valence-electron chi connectivity index (χ4n) is 2.11. The molecule has 1 aromatic rings. The second-order valence-corrected chi connectivity index (χ2v) is 5.28. The van der Waals surface area contributed by atoms with E-state index in [1.165, 1.54) is 18.4 Å². The molecule has 0 amide bonds. The van der Waals surface area contributed by atoms with Crippen LogP contribution in [0.4, 0.5) is 0 Å². The summed E-state index contributed by atoms with van der Waals surface area (Å²) >= 11 is 0. The van der Waals surface area contributed by atoms with Crippen LogP contribution in [-0.2, 0) is 6.42 Å². The zero-order valence-corrected chi connectivity index (χ0v) is 12.5. The van der Waals surface area contributed by atoms with Gasteiger partial charge in [0.1, 0.15) is 5.75 Å². The van der Waals surface area contributed by atoms with E-state index in [9.17, 15) is 0 Å². The van der Waals surface area contributed by atoms with Gasteiger partial charge in [-0.3, -0.25) is 4.99 Å². The molecule has 0 radical (unpaired) electrons. The lowest BCUT2D eigenvalue weighted by molar-refractivity contribution is 0.414. The van der Waals surface area contributed by atoms with Crippen LogP contribution in [0.2, 0.25) is 0 Å². The average Bonchev–Trinajstić information content (AvgIpc) is 3.31. The van der Waals surface area contributed by atoms with Crippen molar-refractivity contribution < 1.29 is 4.74 Å². The average molecular weight is 275 g/mol. The number of nitrogens with one attached hydrogen (secondary N) is 2. The van der Waals surface area contributed by atoms with Gasteiger partial charge in [0.15, 0.2) is 5.96 Å². The number of rotatable bonds is 7. The molecule has 0 bridgehead atoms. The highest BCUT2D eigenvalue weighted by molar-refractivity contribution is 5.79. The van der Waals surface area contributed by atoms with E-state index in [2.05, 4.69) is 27.8 Å². The van der Waals surface area contributed by atoms with Gasteiger partial charge in [-0.15, -0.1) is 0 Å². The van der Waals surface area contributed by atoms with Crippen LogP contribution >= 0.6 is 0 Å². The maximum Gasteiger partial charge on any atom is 0.190 e. The van der Waals surface area contributed by atoms with Gasteiger partial charge in [0, 0.05) is 20.1 Å². The molecule has 0 heterocycles. The van der Waals surface area contributed by atoms with Gasteiger partial charge in [0.2, 0.25) is 0 Å². The lowest BCUT2D eigenvalue weighted by Gasteiger charge is -2.11. The van der Waals surface area contributed by atoms with Crippen molar-refractivity contribution in [3.8, 4) is 5.75 Å². The Hall–Kier alpha value is -1.71. The molecule has 110 valence electrons. The van der Waals surface area contributed by atoms with Crippen molar-refractivity contribution in [2.24, 2.45) is 10.9 Å². The molecule has 2 rings (SSSR count). The van der Waals surface area contributed by atoms with Crippen LogP contribution in [0.1, 0.15) is 24.8 Å². The summed E-state index contributed by atoms with van der Waals surface area (Å²) < 4.78 is 5.23. The Morgan fingerprint density at radius 3 is 2.90 bits per heavy atom. The van der Waals surface area contributed by atoms with Crippen LogP contribution in [0.3, 0.4) is 0 Å². The Morgan fingerprint density at radius 2 is 2.20 bits per heavy atom. The standard InChI is InChI=1S/C16H25N3O/c1-17-16(19-12-14-8-9-14)18-10-4-6-13-5-3-7-15(11-13)20-2/h3,5,7,11,14H,4,6,8-10,12H2,1-2H3,(H2,17,18,19). The van der Waals surface area contributed by atoms with Crippen molar-refractivity contribution in [3.05, 3.63) is 29.8 Å². The predicted molar refractivity (Wildman–Crippen MR) is 83.4 cm³/mol. The van der Waals surface area contributed by atoms with E-state index in [1.807, 2.05) is 19.2 Å². The molecule has 4 nitrogen and oxygen atoms in total. The predicted octanol–water partition coefficient (Wildman–Crippen LogP) is 2.20. The second kappa shape index (κ2) is 7.78. The normalized spacial score (nSPS) is 15.0. The van der Waals surface area contributed by atoms with Gasteiger partial charge < -0.3 is 15.4 Å². The fourth-order valence-corrected chi connectivity index (χ4v) is 2.11. The summed E-state index contributed by atoms with van der Waals surface area (Å²) in [6.07, 6.45) is 4.85. The van der Waals surface area contributed by atoms with E-state index < -0.39 is 0 Å². The van der Waals surface area contributed by atoms with Crippen LogP contribution in [0.25, 0.3) is 0 Å². The van der Waals surface area contributed by atoms with Gasteiger partial charge >= 0.3 is 0 Å². The van der Waals surface area contributed by atoms with Crippen molar-refractivity contribution in [2.45, 2.75) is 25.7 Å². The Morgan fingerprint density at radius 1 is 1.35 bits per heavy atom. The zero-order valence-electron chi connectivity index (χ0n) is 12.5. The molecule has 1 aliphatic rings. The molecule has 20 heavy (non-hydrogen) atoms. The molecule has 0 spiro atoms. The summed E-state index contributed by atoms with van der Waals surface area (Å²) in [5.41, 5.74) is 1.31. The summed E-state index contributed by atoms with van der Waals surface area (Å²) in [7, 11) is 3.53. The topological polar surface area (TPSA) is 45.7 Å². The molecule has 1 saturated carbocycles. The molecule has 1 aromatic carbocycles. The van der Waals surface area contributed by atoms with Crippen molar-refractivity contribution in [1.82, 2.24) is 10.6 Å². The van der Waals surface area contributed by atoms with Gasteiger partial charge in [-0.05, 0) is 49.3 Å². The van der Waals surface area contributed by atoms with Gasteiger partial charge in [-0.2, -0.15) is 0 Å². The van der Waals surface area contributed by atoms with Crippen molar-refractivity contribution in [3.63, 3.8) is 0 Å². The van der Waals surface area contributed by atoms with E-state index in [0.717, 1.165) is 43.6 Å². The number of benzene rings is 1. The molecule has 2 N–H and O–H groups in total. The monoisotopic (exact) mass is 275 g/mol. The maximum absolute atomic E-state index is 5.23. The number of guanidine groups is 1. The smallest absolute Gasteiger partial charge is 0.190 e. The Labute approximate surface area is 121 Å². The first-order valence-corrected chi connectivity index (χ1v) is 7.39. The van der Waals surface area contributed by atoms with E-state index in [-0.39, 0.29) is 0 Å². The first-order chi connectivity index (χ1) is 9.81. The number of ether oxygens (including phenoxy) is 1. The highest BCUT2D eigenvalue weighted by Gasteiger charge is 2.20. The van der Waals surface area contributed by atoms with Gasteiger partial charge in [0.05, 0.1) is 7.11 Å². The van der Waals surface area contributed by atoms with Crippen molar-refractivity contribution in [2.75, 3.05) is 27.2 Å². The number of hydrogen-bond acceptors (Lipinski definition) is 2. The minimum atomic E-state index is 0.866. The lowest BCUT2D eigenvalue weighted by atomic mass is 10.1. The van der Waals surface area contributed by atoms with Crippen LogP contribution in [-0.4, -0.2) is 33.2 Å². The third-order valence-corrected chi connectivity index (χ3v) is 3.55. The number of aliphatic imine (C=N–C) groups is 1. The maximum atomic E-state index is 5.23. The lowest BCUT2D eigenvalue weighted by Crippen LogP contribution is -2.38. The highest BCUT2D eigenvalue weighted by Crippen LogP contribution is 2.27. The summed E-state index contributed by atoms with van der Waals surface area (Å²) in [4.78, 5) is 4.23. The Bertz CT molecular complexity index is 441.